The molecule has 1 heterocycles. The van der Waals surface area contributed by atoms with Crippen molar-refractivity contribution in [2.24, 2.45) is 0 Å². The number of ether oxygens (including phenoxy) is 2. The third kappa shape index (κ3) is 2.47. The Kier molecular flexibility index (Phi) is 3.21. The van der Waals surface area contributed by atoms with E-state index in [1.54, 1.807) is 0 Å². The van der Waals surface area contributed by atoms with Gasteiger partial charge in [-0.25, -0.2) is 18.4 Å². The Morgan fingerprint density at radius 2 is 1.70 bits per heavy atom. The van der Waals surface area contributed by atoms with Gasteiger partial charge >= 0.3 is 11.9 Å². The Morgan fingerprint density at radius 1 is 1.15 bits per heavy atom. The van der Waals surface area contributed by atoms with Gasteiger partial charge in [-0.2, -0.15) is 0 Å². The molecule has 1 fully saturated rings. The number of carbonyl (C=O) groups excluding carboxylic acids is 2. The van der Waals surface area contributed by atoms with Crippen molar-refractivity contribution in [2.75, 3.05) is 0 Å². The number of cyclic esters (lactones) is 2. The number of rotatable bonds is 1. The minimum Gasteiger partial charge on any atom is -0.505 e. The van der Waals surface area contributed by atoms with Gasteiger partial charge in [0.05, 0.1) is 5.56 Å². The zero-order valence-corrected chi connectivity index (χ0v) is 10.6. The van der Waals surface area contributed by atoms with Crippen LogP contribution in [0.2, 0.25) is 0 Å². The van der Waals surface area contributed by atoms with Crippen LogP contribution in [0, 0.1) is 11.6 Å². The number of phenols is 1. The van der Waals surface area contributed by atoms with Gasteiger partial charge in [0, 0.05) is 13.8 Å². The molecule has 2 rings (SSSR count). The van der Waals surface area contributed by atoms with Gasteiger partial charge in [0.15, 0.2) is 11.6 Å². The van der Waals surface area contributed by atoms with Crippen LogP contribution < -0.4 is 0 Å². The maximum Gasteiger partial charge on any atom is 0.348 e. The average molecular weight is 284 g/mol. The van der Waals surface area contributed by atoms with E-state index in [1.807, 2.05) is 0 Å². The minimum absolute atomic E-state index is 0.643. The van der Waals surface area contributed by atoms with Crippen LogP contribution in [-0.2, 0) is 19.1 Å². The summed E-state index contributed by atoms with van der Waals surface area (Å²) >= 11 is 0. The van der Waals surface area contributed by atoms with Gasteiger partial charge in [0.25, 0.3) is 5.79 Å². The number of halogens is 2. The normalized spacial score (nSPS) is 17.5. The third-order valence-corrected chi connectivity index (χ3v) is 2.51. The first-order valence-electron chi connectivity index (χ1n) is 5.56. The predicted molar refractivity (Wildman–Crippen MR) is 62.3 cm³/mol. The molecule has 20 heavy (non-hydrogen) atoms. The quantitative estimate of drug-likeness (QED) is 0.484. The summed E-state index contributed by atoms with van der Waals surface area (Å²) in [5.74, 6) is -6.71. The highest BCUT2D eigenvalue weighted by Crippen LogP contribution is 2.28. The molecule has 106 valence electrons. The zero-order chi connectivity index (χ0) is 15.1. The topological polar surface area (TPSA) is 72.8 Å². The van der Waals surface area contributed by atoms with Gasteiger partial charge in [0.1, 0.15) is 11.4 Å². The van der Waals surface area contributed by atoms with E-state index in [0.717, 1.165) is 12.1 Å². The van der Waals surface area contributed by atoms with Crippen molar-refractivity contribution in [3.8, 4) is 5.75 Å². The maximum atomic E-state index is 13.6. The molecule has 5 nitrogen and oxygen atoms in total. The van der Waals surface area contributed by atoms with Crippen molar-refractivity contribution in [1.82, 2.24) is 0 Å². The average Bonchev–Trinajstić information content (AvgIpc) is 2.31. The molecule has 0 aliphatic carbocycles. The van der Waals surface area contributed by atoms with Crippen LogP contribution in [0.5, 0.6) is 5.75 Å². The van der Waals surface area contributed by atoms with Gasteiger partial charge in [-0.1, -0.05) is 0 Å². The number of hydrogen-bond donors (Lipinski definition) is 1. The fourth-order valence-corrected chi connectivity index (χ4v) is 1.61. The lowest BCUT2D eigenvalue weighted by atomic mass is 10.1. The molecule has 0 atom stereocenters. The SMILES string of the molecule is CC1(C)OC(=O)C(=Cc2c(F)ccc(O)c2F)C(=O)O1. The molecule has 1 aliphatic rings. The number of phenolic OH excluding ortho intramolecular Hbond substituents is 1. The molecular weight excluding hydrogens is 274 g/mol. The molecule has 0 amide bonds. The highest BCUT2D eigenvalue weighted by molar-refractivity contribution is 6.18. The summed E-state index contributed by atoms with van der Waals surface area (Å²) in [6.45, 7) is 2.68. The van der Waals surface area contributed by atoms with Crippen molar-refractivity contribution < 1.29 is 33.0 Å². The summed E-state index contributed by atoms with van der Waals surface area (Å²) in [5, 5.41) is 9.17. The van der Waals surface area contributed by atoms with Crippen molar-refractivity contribution >= 4 is 18.0 Å². The summed E-state index contributed by atoms with van der Waals surface area (Å²) in [6.07, 6.45) is 0.643. The van der Waals surface area contributed by atoms with E-state index in [0.29, 0.717) is 6.08 Å². The molecule has 0 unspecified atom stereocenters. The predicted octanol–water partition coefficient (Wildman–Crippen LogP) is 1.89. The van der Waals surface area contributed by atoms with Gasteiger partial charge in [0.2, 0.25) is 0 Å². The standard InChI is InChI=1S/C13H10F2O5/c1-13(2)19-11(17)7(12(18)20-13)5-6-8(14)3-4-9(16)10(6)15/h3-5,16H,1-2H3. The number of esters is 2. The van der Waals surface area contributed by atoms with Crippen LogP contribution in [0.4, 0.5) is 8.78 Å². The molecule has 0 aromatic heterocycles. The first-order chi connectivity index (χ1) is 9.21. The van der Waals surface area contributed by atoms with Crippen LogP contribution >= 0.6 is 0 Å². The highest BCUT2D eigenvalue weighted by Gasteiger charge is 2.39. The first kappa shape index (κ1) is 14.0. The lowest BCUT2D eigenvalue weighted by Gasteiger charge is -2.29. The Hall–Kier alpha value is -2.44. The van der Waals surface area contributed by atoms with E-state index < -0.39 is 46.2 Å². The summed E-state index contributed by atoms with van der Waals surface area (Å²) in [4.78, 5) is 23.3. The third-order valence-electron chi connectivity index (χ3n) is 2.51. The fraction of sp³-hybridized carbons (Fsp3) is 0.231. The van der Waals surface area contributed by atoms with Gasteiger partial charge in [-0.3, -0.25) is 0 Å². The first-order valence-corrected chi connectivity index (χ1v) is 5.56. The van der Waals surface area contributed by atoms with E-state index in [-0.39, 0.29) is 0 Å². The van der Waals surface area contributed by atoms with Crippen LogP contribution in [0.25, 0.3) is 6.08 Å². The van der Waals surface area contributed by atoms with Gasteiger partial charge in [-0.15, -0.1) is 0 Å². The summed E-state index contributed by atoms with van der Waals surface area (Å²) < 4.78 is 36.6. The Labute approximate surface area is 112 Å². The van der Waals surface area contributed by atoms with E-state index in [4.69, 9.17) is 14.6 Å². The lowest BCUT2D eigenvalue weighted by Crippen LogP contribution is -2.41. The molecule has 1 aromatic carbocycles. The second kappa shape index (κ2) is 4.59. The van der Waals surface area contributed by atoms with E-state index in [1.165, 1.54) is 13.8 Å². The van der Waals surface area contributed by atoms with Crippen LogP contribution in [0.1, 0.15) is 19.4 Å². The Balaban J connectivity index is 2.49. The fourth-order valence-electron chi connectivity index (χ4n) is 1.61. The molecule has 0 saturated carbocycles. The second-order valence-corrected chi connectivity index (χ2v) is 4.53. The van der Waals surface area contributed by atoms with E-state index in [2.05, 4.69) is 0 Å². The van der Waals surface area contributed by atoms with Crippen LogP contribution in [0.3, 0.4) is 0 Å². The molecule has 1 saturated heterocycles. The largest absolute Gasteiger partial charge is 0.505 e. The number of aromatic hydroxyl groups is 1. The van der Waals surface area contributed by atoms with Crippen molar-refractivity contribution in [1.29, 1.82) is 0 Å². The number of carbonyl (C=O) groups is 2. The van der Waals surface area contributed by atoms with Gasteiger partial charge < -0.3 is 14.6 Å². The van der Waals surface area contributed by atoms with Crippen LogP contribution in [0.15, 0.2) is 17.7 Å². The number of hydrogen-bond acceptors (Lipinski definition) is 5. The lowest BCUT2D eigenvalue weighted by molar-refractivity contribution is -0.222. The highest BCUT2D eigenvalue weighted by atomic mass is 19.1. The second-order valence-electron chi connectivity index (χ2n) is 4.53. The molecule has 7 heteroatoms. The summed E-state index contributed by atoms with van der Waals surface area (Å²) in [7, 11) is 0. The molecule has 1 aliphatic heterocycles. The summed E-state index contributed by atoms with van der Waals surface area (Å²) in [5.41, 5.74) is -1.39. The Bertz CT molecular complexity index is 612. The smallest absolute Gasteiger partial charge is 0.348 e. The molecule has 1 N–H and O–H groups in total. The zero-order valence-electron chi connectivity index (χ0n) is 10.6. The minimum atomic E-state index is -1.44. The van der Waals surface area contributed by atoms with Crippen molar-refractivity contribution in [3.05, 3.63) is 34.9 Å². The maximum absolute atomic E-state index is 13.6. The molecule has 1 aromatic rings. The van der Waals surface area contributed by atoms with Crippen molar-refractivity contribution in [3.63, 3.8) is 0 Å². The number of benzene rings is 1. The molecule has 0 radical (unpaired) electrons. The van der Waals surface area contributed by atoms with E-state index >= 15 is 0 Å². The van der Waals surface area contributed by atoms with Crippen LogP contribution in [-0.4, -0.2) is 22.8 Å². The molecular formula is C13H10F2O5. The molecule has 0 spiro atoms. The van der Waals surface area contributed by atoms with E-state index in [9.17, 15) is 18.4 Å². The van der Waals surface area contributed by atoms with Crippen molar-refractivity contribution in [2.45, 2.75) is 19.6 Å². The monoisotopic (exact) mass is 284 g/mol. The Morgan fingerprint density at radius 3 is 2.25 bits per heavy atom. The summed E-state index contributed by atoms with van der Waals surface area (Å²) in [6, 6.07) is 1.61. The molecule has 0 bridgehead atoms. The van der Waals surface area contributed by atoms with Gasteiger partial charge in [-0.05, 0) is 18.2 Å².